The number of sulfonamides is 1. The SMILES string of the molecule is CON(C)S(=O)(=O)c1cc(C(=O)N2CCCC(C(=O)Nc3ccccc3)C2)ccc1Cl. The van der Waals surface area contributed by atoms with Gasteiger partial charge in [-0.2, -0.15) is 0 Å². The van der Waals surface area contributed by atoms with Crippen molar-refractivity contribution in [3.8, 4) is 0 Å². The Labute approximate surface area is 186 Å². The van der Waals surface area contributed by atoms with Crippen molar-refractivity contribution >= 4 is 39.1 Å². The van der Waals surface area contributed by atoms with Gasteiger partial charge in [0.15, 0.2) is 0 Å². The first-order valence-corrected chi connectivity index (χ1v) is 11.5. The summed E-state index contributed by atoms with van der Waals surface area (Å²) in [6.45, 7) is 0.733. The second kappa shape index (κ2) is 9.78. The molecular weight excluding hydrogens is 442 g/mol. The molecule has 1 fully saturated rings. The Morgan fingerprint density at radius 2 is 1.90 bits per heavy atom. The fourth-order valence-corrected chi connectivity index (χ4v) is 4.87. The molecule has 166 valence electrons. The molecule has 0 saturated carbocycles. The van der Waals surface area contributed by atoms with Crippen molar-refractivity contribution < 1.29 is 22.8 Å². The van der Waals surface area contributed by atoms with Gasteiger partial charge in [0.25, 0.3) is 15.9 Å². The van der Waals surface area contributed by atoms with Gasteiger partial charge in [0.1, 0.15) is 4.90 Å². The number of piperidine rings is 1. The summed E-state index contributed by atoms with van der Waals surface area (Å²) in [6.07, 6.45) is 1.34. The molecule has 1 aliphatic rings. The molecule has 8 nitrogen and oxygen atoms in total. The first kappa shape index (κ1) is 23.2. The fraction of sp³-hybridized carbons (Fsp3) is 0.333. The molecule has 0 radical (unpaired) electrons. The monoisotopic (exact) mass is 465 g/mol. The number of halogens is 1. The highest BCUT2D eigenvalue weighted by atomic mass is 35.5. The minimum atomic E-state index is -4.02. The van der Waals surface area contributed by atoms with Gasteiger partial charge in [-0.05, 0) is 43.2 Å². The molecule has 2 amide bonds. The molecule has 1 heterocycles. The number of nitrogens with one attached hydrogen (secondary N) is 1. The van der Waals surface area contributed by atoms with Crippen molar-refractivity contribution in [2.45, 2.75) is 17.7 Å². The first-order valence-electron chi connectivity index (χ1n) is 9.72. The van der Waals surface area contributed by atoms with Gasteiger partial charge < -0.3 is 10.2 Å². The topological polar surface area (TPSA) is 96.0 Å². The number of para-hydroxylation sites is 1. The van der Waals surface area contributed by atoms with Gasteiger partial charge in [-0.3, -0.25) is 14.4 Å². The number of carbonyl (C=O) groups excluding carboxylic acids is 2. The predicted octanol–water partition coefficient (Wildman–Crippen LogP) is 3.01. The normalized spacial score (nSPS) is 16.9. The maximum Gasteiger partial charge on any atom is 0.266 e. The van der Waals surface area contributed by atoms with Crippen LogP contribution in [0, 0.1) is 5.92 Å². The smallest absolute Gasteiger partial charge is 0.266 e. The van der Waals surface area contributed by atoms with E-state index in [1.165, 1.54) is 32.4 Å². The van der Waals surface area contributed by atoms with Crippen LogP contribution in [0.5, 0.6) is 0 Å². The summed E-state index contributed by atoms with van der Waals surface area (Å²) in [7, 11) is -1.57. The highest BCUT2D eigenvalue weighted by Crippen LogP contribution is 2.27. The van der Waals surface area contributed by atoms with Gasteiger partial charge in [-0.25, -0.2) is 8.42 Å². The summed E-state index contributed by atoms with van der Waals surface area (Å²) >= 11 is 6.07. The number of anilines is 1. The quantitative estimate of drug-likeness (QED) is 0.661. The van der Waals surface area contributed by atoms with Crippen LogP contribution in [0.1, 0.15) is 23.2 Å². The molecule has 0 aromatic heterocycles. The molecule has 2 aromatic rings. The van der Waals surface area contributed by atoms with Crippen molar-refractivity contribution in [3.05, 3.63) is 59.1 Å². The molecule has 2 aromatic carbocycles. The predicted molar refractivity (Wildman–Crippen MR) is 117 cm³/mol. The Balaban J connectivity index is 1.77. The number of amides is 2. The van der Waals surface area contributed by atoms with E-state index in [-0.39, 0.29) is 39.8 Å². The molecule has 1 aliphatic heterocycles. The van der Waals surface area contributed by atoms with Crippen molar-refractivity contribution in [1.82, 2.24) is 9.37 Å². The van der Waals surface area contributed by atoms with E-state index in [0.717, 1.165) is 0 Å². The third-order valence-corrected chi connectivity index (χ3v) is 7.33. The summed E-state index contributed by atoms with van der Waals surface area (Å²) in [5.74, 6) is -0.858. The summed E-state index contributed by atoms with van der Waals surface area (Å²) in [5, 5.41) is 2.86. The lowest BCUT2D eigenvalue weighted by atomic mass is 9.96. The number of hydroxylamine groups is 1. The van der Waals surface area contributed by atoms with E-state index < -0.39 is 10.0 Å². The van der Waals surface area contributed by atoms with Gasteiger partial charge >= 0.3 is 0 Å². The molecule has 1 N–H and O–H groups in total. The van der Waals surface area contributed by atoms with Crippen LogP contribution in [0.2, 0.25) is 5.02 Å². The van der Waals surface area contributed by atoms with Gasteiger partial charge in [0, 0.05) is 31.4 Å². The minimum Gasteiger partial charge on any atom is -0.338 e. The summed E-state index contributed by atoms with van der Waals surface area (Å²) in [5.41, 5.74) is 0.877. The Morgan fingerprint density at radius 1 is 1.19 bits per heavy atom. The minimum absolute atomic E-state index is 0.0146. The van der Waals surface area contributed by atoms with E-state index in [2.05, 4.69) is 5.32 Å². The van der Waals surface area contributed by atoms with E-state index >= 15 is 0 Å². The van der Waals surface area contributed by atoms with Crippen molar-refractivity contribution in [1.29, 1.82) is 0 Å². The molecule has 0 spiro atoms. The maximum atomic E-state index is 13.1. The van der Waals surface area contributed by atoms with E-state index in [1.54, 1.807) is 17.0 Å². The standard InChI is InChI=1S/C21H24ClN3O5S/c1-24(30-2)31(28,29)19-13-15(10-11-18(19)22)21(27)25-12-6-7-16(14-25)20(26)23-17-8-4-3-5-9-17/h3-5,8-11,13,16H,6-7,12,14H2,1-2H3,(H,23,26). The summed E-state index contributed by atoms with van der Waals surface area (Å²) < 4.78 is 25.9. The number of benzene rings is 2. The number of carbonyl (C=O) groups is 2. The first-order chi connectivity index (χ1) is 14.7. The highest BCUT2D eigenvalue weighted by molar-refractivity contribution is 7.89. The lowest BCUT2D eigenvalue weighted by Gasteiger charge is -2.32. The summed E-state index contributed by atoms with van der Waals surface area (Å²) in [6, 6.07) is 13.2. The third-order valence-electron chi connectivity index (χ3n) is 5.17. The van der Waals surface area contributed by atoms with Crippen LogP contribution in [0.15, 0.2) is 53.4 Å². The lowest BCUT2D eigenvalue weighted by Crippen LogP contribution is -2.43. The van der Waals surface area contributed by atoms with Crippen molar-refractivity contribution in [2.75, 3.05) is 32.6 Å². The number of hydrogen-bond acceptors (Lipinski definition) is 5. The molecular formula is C21H24ClN3O5S. The van der Waals surface area contributed by atoms with E-state index in [4.69, 9.17) is 16.4 Å². The molecule has 0 aliphatic carbocycles. The summed E-state index contributed by atoms with van der Waals surface area (Å²) in [4.78, 5) is 31.8. The zero-order valence-corrected chi connectivity index (χ0v) is 18.8. The number of likely N-dealkylation sites (tertiary alicyclic amines) is 1. The third kappa shape index (κ3) is 5.24. The lowest BCUT2D eigenvalue weighted by molar-refractivity contribution is -0.121. The largest absolute Gasteiger partial charge is 0.338 e. The molecule has 3 rings (SSSR count). The van der Waals surface area contributed by atoms with Gasteiger partial charge in [-0.1, -0.05) is 34.3 Å². The van der Waals surface area contributed by atoms with Crippen LogP contribution in [0.3, 0.4) is 0 Å². The Hall–Kier alpha value is -2.46. The van der Waals surface area contributed by atoms with Crippen molar-refractivity contribution in [3.63, 3.8) is 0 Å². The molecule has 1 saturated heterocycles. The number of rotatable bonds is 6. The zero-order chi connectivity index (χ0) is 22.6. The van der Waals surface area contributed by atoms with Gasteiger partial charge in [0.05, 0.1) is 18.1 Å². The zero-order valence-electron chi connectivity index (χ0n) is 17.2. The second-order valence-corrected chi connectivity index (χ2v) is 9.50. The van der Waals surface area contributed by atoms with Crippen LogP contribution in [0.4, 0.5) is 5.69 Å². The Bertz CT molecular complexity index is 1060. The number of nitrogens with zero attached hydrogens (tertiary/aromatic N) is 2. The van der Waals surface area contributed by atoms with E-state index in [0.29, 0.717) is 29.5 Å². The second-order valence-electron chi connectivity index (χ2n) is 7.19. The fourth-order valence-electron chi connectivity index (χ4n) is 3.39. The molecule has 1 unspecified atom stereocenters. The Morgan fingerprint density at radius 3 is 2.58 bits per heavy atom. The van der Waals surface area contributed by atoms with Crippen molar-refractivity contribution in [2.24, 2.45) is 5.92 Å². The molecule has 1 atom stereocenters. The average Bonchev–Trinajstić information content (AvgIpc) is 2.79. The van der Waals surface area contributed by atoms with Crippen LogP contribution in [0.25, 0.3) is 0 Å². The number of hydrogen-bond donors (Lipinski definition) is 1. The van der Waals surface area contributed by atoms with Crippen LogP contribution < -0.4 is 5.32 Å². The molecule has 10 heteroatoms. The Kier molecular flexibility index (Phi) is 7.32. The molecule has 0 bridgehead atoms. The maximum absolute atomic E-state index is 13.1. The van der Waals surface area contributed by atoms with E-state index in [9.17, 15) is 18.0 Å². The highest BCUT2D eigenvalue weighted by Gasteiger charge is 2.31. The van der Waals surface area contributed by atoms with E-state index in [1.807, 2.05) is 18.2 Å². The van der Waals surface area contributed by atoms with Crippen LogP contribution in [-0.4, -0.2) is 56.8 Å². The van der Waals surface area contributed by atoms with Crippen LogP contribution >= 0.6 is 11.6 Å². The van der Waals surface area contributed by atoms with Gasteiger partial charge in [0.2, 0.25) is 5.91 Å². The van der Waals surface area contributed by atoms with Crippen LogP contribution in [-0.2, 0) is 19.7 Å². The average molecular weight is 466 g/mol. The molecule has 31 heavy (non-hydrogen) atoms. The van der Waals surface area contributed by atoms with Gasteiger partial charge in [-0.15, -0.1) is 0 Å².